The van der Waals surface area contributed by atoms with Crippen molar-refractivity contribution in [3.05, 3.63) is 144 Å². The first-order chi connectivity index (χ1) is 25.4. The van der Waals surface area contributed by atoms with E-state index in [4.69, 9.17) is 14.2 Å². The number of phenols is 1. The van der Waals surface area contributed by atoms with Gasteiger partial charge >= 0.3 is 6.03 Å². The molecule has 1 aliphatic rings. The van der Waals surface area contributed by atoms with Gasteiger partial charge in [0.1, 0.15) is 17.2 Å². The first-order valence-electron chi connectivity index (χ1n) is 16.6. The van der Waals surface area contributed by atoms with E-state index in [0.29, 0.717) is 33.7 Å². The van der Waals surface area contributed by atoms with Crippen LogP contribution >= 0.6 is 11.8 Å². The molecule has 1 aromatic heterocycles. The number of thioether (sulfide) groups is 1. The number of para-hydroxylation sites is 1. The smallest absolute Gasteiger partial charge is 0.323 e. The summed E-state index contributed by atoms with van der Waals surface area (Å²) in [6.45, 7) is 2.03. The van der Waals surface area contributed by atoms with Gasteiger partial charge in [0.05, 0.1) is 24.5 Å². The molecule has 13 heteroatoms. The number of nitrogens with one attached hydrogen (secondary N) is 2. The molecular weight excluding hydrogens is 681 g/mol. The van der Waals surface area contributed by atoms with Crippen molar-refractivity contribution in [1.29, 1.82) is 0 Å². The molecule has 7 rings (SSSR count). The van der Waals surface area contributed by atoms with Gasteiger partial charge in [-0.1, -0.05) is 73.3 Å². The van der Waals surface area contributed by atoms with Crippen LogP contribution in [0.4, 0.5) is 16.2 Å². The Kier molecular flexibility index (Phi) is 10.7. The maximum absolute atomic E-state index is 13.0. The van der Waals surface area contributed by atoms with Gasteiger partial charge in [-0.15, -0.1) is 5.10 Å². The second kappa shape index (κ2) is 16.1. The number of aromatic nitrogens is 4. The standard InChI is InChI=1S/C39H36N6O6S/c1-25-35(24-52-39-42-43-44-45(39)31-16-18-32(47)19-17-31)50-37(51-36(25)27-12-10-26(23-46)11-13-27)28-6-5-7-30(22-28)41-38(48)40-29-14-20-34(21-15-29)49-33-8-3-2-4-9-33/h2-22,25,35-37,46-47H,23-24H2,1H3,(H2,40,41,48)/t25-,35+,36+,37+/m1/s1. The van der Waals surface area contributed by atoms with E-state index in [1.54, 1.807) is 59.3 Å². The largest absolute Gasteiger partial charge is 0.508 e. The quantitative estimate of drug-likeness (QED) is 0.0975. The molecule has 0 bridgehead atoms. The van der Waals surface area contributed by atoms with E-state index < -0.39 is 12.3 Å². The van der Waals surface area contributed by atoms with E-state index >= 15 is 0 Å². The monoisotopic (exact) mass is 716 g/mol. The van der Waals surface area contributed by atoms with Crippen LogP contribution in [0.2, 0.25) is 0 Å². The van der Waals surface area contributed by atoms with Crippen molar-refractivity contribution in [3.63, 3.8) is 0 Å². The summed E-state index contributed by atoms with van der Waals surface area (Å²) in [4.78, 5) is 13.0. The number of tetrazole rings is 1. The van der Waals surface area contributed by atoms with Crippen LogP contribution in [0.3, 0.4) is 0 Å². The van der Waals surface area contributed by atoms with Crippen LogP contribution in [0.5, 0.6) is 17.2 Å². The maximum atomic E-state index is 13.0. The van der Waals surface area contributed by atoms with Gasteiger partial charge in [-0.25, -0.2) is 4.79 Å². The Balaban J connectivity index is 1.05. The summed E-state index contributed by atoms with van der Waals surface area (Å²) in [5, 5.41) is 37.9. The molecule has 1 fully saturated rings. The summed E-state index contributed by atoms with van der Waals surface area (Å²) in [5.74, 6) is 1.98. The third-order valence-electron chi connectivity index (χ3n) is 8.54. The Bertz CT molecular complexity index is 2080. The number of amides is 2. The number of anilines is 2. The number of rotatable bonds is 11. The van der Waals surface area contributed by atoms with Gasteiger partial charge in [0, 0.05) is 28.6 Å². The van der Waals surface area contributed by atoms with Crippen molar-refractivity contribution < 1.29 is 29.2 Å². The molecule has 2 heterocycles. The van der Waals surface area contributed by atoms with Crippen LogP contribution in [0.25, 0.3) is 5.69 Å². The van der Waals surface area contributed by atoms with Crippen molar-refractivity contribution in [2.24, 2.45) is 5.92 Å². The molecule has 52 heavy (non-hydrogen) atoms. The molecule has 4 atom stereocenters. The highest BCUT2D eigenvalue weighted by atomic mass is 32.2. The number of hydrogen-bond donors (Lipinski definition) is 4. The zero-order valence-electron chi connectivity index (χ0n) is 28.1. The van der Waals surface area contributed by atoms with Crippen LogP contribution in [-0.4, -0.2) is 48.3 Å². The van der Waals surface area contributed by atoms with Gasteiger partial charge in [-0.3, -0.25) is 0 Å². The lowest BCUT2D eigenvalue weighted by molar-refractivity contribution is -0.268. The van der Waals surface area contributed by atoms with Crippen LogP contribution in [0.1, 0.15) is 36.0 Å². The van der Waals surface area contributed by atoms with Gasteiger partial charge in [0.25, 0.3) is 0 Å². The Labute approximate surface area is 304 Å². The van der Waals surface area contributed by atoms with E-state index in [1.807, 2.05) is 72.8 Å². The number of phenolic OH excluding ortho intramolecular Hbond substituents is 1. The Morgan fingerprint density at radius 1 is 0.827 bits per heavy atom. The molecule has 1 saturated heterocycles. The summed E-state index contributed by atoms with van der Waals surface area (Å²) in [6.07, 6.45) is -1.37. The lowest BCUT2D eigenvalue weighted by Gasteiger charge is -2.41. The zero-order valence-corrected chi connectivity index (χ0v) is 28.9. The molecule has 12 nitrogen and oxygen atoms in total. The van der Waals surface area contributed by atoms with E-state index in [1.165, 1.54) is 11.8 Å². The lowest BCUT2D eigenvalue weighted by atomic mass is 9.91. The maximum Gasteiger partial charge on any atom is 0.323 e. The predicted octanol–water partition coefficient (Wildman–Crippen LogP) is 7.88. The third-order valence-corrected chi connectivity index (χ3v) is 9.55. The van der Waals surface area contributed by atoms with Crippen LogP contribution in [0.15, 0.2) is 133 Å². The molecule has 0 unspecified atom stereocenters. The van der Waals surface area contributed by atoms with Crippen molar-refractivity contribution in [1.82, 2.24) is 20.2 Å². The second-order valence-electron chi connectivity index (χ2n) is 12.2. The summed E-state index contributed by atoms with van der Waals surface area (Å²) < 4.78 is 20.7. The molecule has 6 aromatic rings. The van der Waals surface area contributed by atoms with E-state index in [9.17, 15) is 15.0 Å². The first-order valence-corrected chi connectivity index (χ1v) is 17.6. The fraction of sp³-hybridized carbons (Fsp3) is 0.179. The minimum Gasteiger partial charge on any atom is -0.508 e. The Morgan fingerprint density at radius 2 is 1.56 bits per heavy atom. The van der Waals surface area contributed by atoms with Crippen molar-refractivity contribution in [2.75, 3.05) is 16.4 Å². The van der Waals surface area contributed by atoms with E-state index in [-0.39, 0.29) is 30.5 Å². The summed E-state index contributed by atoms with van der Waals surface area (Å²) in [6, 6.07) is 37.9. The number of aliphatic hydroxyl groups is 1. The SMILES string of the molecule is C[C@@H]1[C@H](CSc2nnnn2-c2ccc(O)cc2)O[C@H](c2cccc(NC(=O)Nc3ccc(Oc4ccccc4)cc3)c2)O[C@@H]1c1ccc(CO)cc1. The second-order valence-corrected chi connectivity index (χ2v) is 13.2. The number of aromatic hydroxyl groups is 1. The van der Waals surface area contributed by atoms with Crippen molar-refractivity contribution in [2.45, 2.75) is 37.2 Å². The fourth-order valence-electron chi connectivity index (χ4n) is 5.78. The van der Waals surface area contributed by atoms with Gasteiger partial charge in [-0.2, -0.15) is 4.68 Å². The van der Waals surface area contributed by atoms with Crippen LogP contribution in [0, 0.1) is 5.92 Å². The molecule has 0 radical (unpaired) electrons. The number of benzene rings is 5. The molecule has 1 aliphatic heterocycles. The average molecular weight is 717 g/mol. The fourth-order valence-corrected chi connectivity index (χ4v) is 6.83. The summed E-state index contributed by atoms with van der Waals surface area (Å²) >= 11 is 1.45. The average Bonchev–Trinajstić information content (AvgIpc) is 3.65. The normalized spacial score (nSPS) is 18.4. The minimum absolute atomic E-state index is 0.0521. The molecule has 0 aliphatic carbocycles. The zero-order chi connectivity index (χ0) is 35.9. The highest BCUT2D eigenvalue weighted by Gasteiger charge is 2.38. The number of hydrogen-bond acceptors (Lipinski definition) is 10. The molecule has 2 amide bonds. The first kappa shape index (κ1) is 34.7. The molecule has 0 saturated carbocycles. The minimum atomic E-state index is -0.751. The van der Waals surface area contributed by atoms with Crippen LogP contribution in [-0.2, 0) is 16.1 Å². The Morgan fingerprint density at radius 3 is 2.31 bits per heavy atom. The van der Waals surface area contributed by atoms with Gasteiger partial charge < -0.3 is 35.1 Å². The van der Waals surface area contributed by atoms with Crippen LogP contribution < -0.4 is 15.4 Å². The van der Waals surface area contributed by atoms with Crippen molar-refractivity contribution >= 4 is 29.2 Å². The Hall–Kier alpha value is -5.73. The highest BCUT2D eigenvalue weighted by molar-refractivity contribution is 7.99. The van der Waals surface area contributed by atoms with Gasteiger partial charge in [-0.05, 0) is 94.4 Å². The van der Waals surface area contributed by atoms with Gasteiger partial charge in [0.15, 0.2) is 6.29 Å². The molecular formula is C39H36N6O6S. The van der Waals surface area contributed by atoms with E-state index in [0.717, 1.165) is 22.4 Å². The molecule has 264 valence electrons. The van der Waals surface area contributed by atoms with Crippen molar-refractivity contribution in [3.8, 4) is 22.9 Å². The summed E-state index contributed by atoms with van der Waals surface area (Å²) in [7, 11) is 0. The summed E-state index contributed by atoms with van der Waals surface area (Å²) in [5.41, 5.74) is 4.38. The number of nitrogens with zero attached hydrogens (tertiary/aromatic N) is 4. The molecule has 4 N–H and O–H groups in total. The lowest BCUT2D eigenvalue weighted by Crippen LogP contribution is -2.38. The number of carbonyl (C=O) groups is 1. The highest BCUT2D eigenvalue weighted by Crippen LogP contribution is 2.43. The molecule has 5 aromatic carbocycles. The van der Waals surface area contributed by atoms with Gasteiger partial charge in [0.2, 0.25) is 5.16 Å². The number of aliphatic hydroxyl groups excluding tert-OH is 1. The number of urea groups is 1. The number of ether oxygens (including phenoxy) is 3. The van der Waals surface area contributed by atoms with E-state index in [2.05, 4.69) is 33.1 Å². The topological polar surface area (TPSA) is 153 Å². The number of carbonyl (C=O) groups excluding carboxylic acids is 1. The molecule has 0 spiro atoms. The predicted molar refractivity (Wildman–Crippen MR) is 197 cm³/mol. The third kappa shape index (κ3) is 8.41.